The molecule has 0 fully saturated rings. The largest absolute Gasteiger partial charge is 0.207 e. The van der Waals surface area contributed by atoms with E-state index in [-0.39, 0.29) is 5.82 Å². The predicted octanol–water partition coefficient (Wildman–Crippen LogP) is 3.83. The molecule has 0 amide bonds. The highest BCUT2D eigenvalue weighted by molar-refractivity contribution is 6.35. The molecule has 0 N–H and O–H groups in total. The number of hydrogen-bond acceptors (Lipinski definition) is 3. The lowest BCUT2D eigenvalue weighted by molar-refractivity contribution is 0.573. The molecule has 0 atom stereocenters. The minimum absolute atomic E-state index is 0.311. The predicted molar refractivity (Wildman–Crippen MR) is 78.8 cm³/mol. The molecular weight excluding hydrogens is 314 g/mol. The highest BCUT2D eigenvalue weighted by Gasteiger charge is 2.10. The Kier molecular flexibility index (Phi) is 3.86. The van der Waals surface area contributed by atoms with Gasteiger partial charge in [-0.3, -0.25) is 0 Å². The number of hydrogen-bond donors (Lipinski definition) is 0. The van der Waals surface area contributed by atoms with Gasteiger partial charge in [-0.15, -0.1) is 10.2 Å². The van der Waals surface area contributed by atoms with Gasteiger partial charge in [0.05, 0.1) is 6.54 Å². The van der Waals surface area contributed by atoms with Crippen LogP contribution in [0.2, 0.25) is 10.0 Å². The first-order chi connectivity index (χ1) is 10.1. The summed E-state index contributed by atoms with van der Waals surface area (Å²) in [7, 11) is 0. The first-order valence-corrected chi connectivity index (χ1v) is 6.86. The second kappa shape index (κ2) is 5.79. The molecule has 1 aromatic heterocycles. The van der Waals surface area contributed by atoms with E-state index >= 15 is 0 Å². The molecular formula is C14H9Cl2FN4. The normalized spacial score (nSPS) is 10.8. The van der Waals surface area contributed by atoms with E-state index in [1.165, 1.54) is 16.9 Å². The third kappa shape index (κ3) is 3.04. The van der Waals surface area contributed by atoms with Crippen LogP contribution in [0.5, 0.6) is 0 Å². The van der Waals surface area contributed by atoms with Gasteiger partial charge >= 0.3 is 0 Å². The number of benzene rings is 2. The Labute approximate surface area is 130 Å². The molecule has 0 aliphatic rings. The minimum Gasteiger partial charge on any atom is -0.207 e. The van der Waals surface area contributed by atoms with Crippen LogP contribution in [-0.4, -0.2) is 20.2 Å². The summed E-state index contributed by atoms with van der Waals surface area (Å²) in [6, 6.07) is 11.2. The maximum Gasteiger partial charge on any atom is 0.204 e. The highest BCUT2D eigenvalue weighted by atomic mass is 35.5. The summed E-state index contributed by atoms with van der Waals surface area (Å²) in [5.41, 5.74) is 1.41. The zero-order chi connectivity index (χ0) is 14.8. The lowest BCUT2D eigenvalue weighted by atomic mass is 10.2. The van der Waals surface area contributed by atoms with Crippen molar-refractivity contribution in [2.75, 3.05) is 0 Å². The molecule has 0 aliphatic heterocycles. The first kappa shape index (κ1) is 14.0. The van der Waals surface area contributed by atoms with E-state index < -0.39 is 0 Å². The van der Waals surface area contributed by atoms with E-state index in [4.69, 9.17) is 23.2 Å². The Morgan fingerprint density at radius 1 is 1.00 bits per heavy atom. The van der Waals surface area contributed by atoms with Crippen LogP contribution in [-0.2, 0) is 6.54 Å². The molecule has 3 aromatic rings. The Hall–Kier alpha value is -1.98. The molecule has 0 saturated heterocycles. The van der Waals surface area contributed by atoms with Crippen LogP contribution in [0.4, 0.5) is 4.39 Å². The van der Waals surface area contributed by atoms with Gasteiger partial charge in [0, 0.05) is 21.2 Å². The molecule has 0 radical (unpaired) electrons. The zero-order valence-corrected chi connectivity index (χ0v) is 12.2. The molecule has 0 unspecified atom stereocenters. The van der Waals surface area contributed by atoms with E-state index in [9.17, 15) is 4.39 Å². The van der Waals surface area contributed by atoms with E-state index in [0.717, 1.165) is 5.56 Å². The number of rotatable bonds is 3. The summed E-state index contributed by atoms with van der Waals surface area (Å²) in [6.45, 7) is 0.312. The van der Waals surface area contributed by atoms with Gasteiger partial charge in [-0.25, -0.2) is 4.39 Å². The molecule has 2 aromatic carbocycles. The average molecular weight is 323 g/mol. The molecule has 0 spiro atoms. The van der Waals surface area contributed by atoms with Crippen molar-refractivity contribution >= 4 is 23.2 Å². The maximum atomic E-state index is 12.9. The van der Waals surface area contributed by atoms with E-state index in [2.05, 4.69) is 15.4 Å². The van der Waals surface area contributed by atoms with Crippen molar-refractivity contribution in [3.63, 3.8) is 0 Å². The number of nitrogens with zero attached hydrogens (tertiary/aromatic N) is 4. The van der Waals surface area contributed by atoms with Crippen LogP contribution in [0.25, 0.3) is 11.4 Å². The summed E-state index contributed by atoms with van der Waals surface area (Å²) in [5, 5.41) is 13.2. The van der Waals surface area contributed by atoms with Gasteiger partial charge in [0.1, 0.15) is 5.82 Å². The lowest BCUT2D eigenvalue weighted by Gasteiger charge is -2.04. The minimum atomic E-state index is -0.311. The van der Waals surface area contributed by atoms with Crippen molar-refractivity contribution in [2.45, 2.75) is 6.54 Å². The summed E-state index contributed by atoms with van der Waals surface area (Å²) < 4.78 is 12.9. The first-order valence-electron chi connectivity index (χ1n) is 6.10. The summed E-state index contributed by atoms with van der Waals surface area (Å²) >= 11 is 12.2. The van der Waals surface area contributed by atoms with Crippen molar-refractivity contribution in [1.29, 1.82) is 0 Å². The van der Waals surface area contributed by atoms with Gasteiger partial charge in [0.15, 0.2) is 0 Å². The monoisotopic (exact) mass is 322 g/mol. The smallest absolute Gasteiger partial charge is 0.204 e. The maximum absolute atomic E-state index is 12.9. The zero-order valence-electron chi connectivity index (χ0n) is 10.7. The fraction of sp³-hybridized carbons (Fsp3) is 0.0714. The molecule has 106 valence electrons. The van der Waals surface area contributed by atoms with Gasteiger partial charge in [-0.2, -0.15) is 4.80 Å². The van der Waals surface area contributed by atoms with Gasteiger partial charge in [-0.05, 0) is 41.6 Å². The van der Waals surface area contributed by atoms with Crippen LogP contribution in [0.3, 0.4) is 0 Å². The molecule has 4 nitrogen and oxygen atoms in total. The van der Waals surface area contributed by atoms with Gasteiger partial charge in [0.2, 0.25) is 5.82 Å². The van der Waals surface area contributed by atoms with Crippen molar-refractivity contribution in [3.8, 4) is 11.4 Å². The van der Waals surface area contributed by atoms with Crippen molar-refractivity contribution in [3.05, 3.63) is 63.9 Å². The molecule has 21 heavy (non-hydrogen) atoms. The number of halogens is 3. The Morgan fingerprint density at radius 3 is 2.33 bits per heavy atom. The summed E-state index contributed by atoms with van der Waals surface area (Å²) in [4.78, 5) is 1.39. The number of aromatic nitrogens is 4. The van der Waals surface area contributed by atoms with Crippen LogP contribution in [0.15, 0.2) is 42.5 Å². The molecule has 3 rings (SSSR count). The molecule has 0 saturated carbocycles. The highest BCUT2D eigenvalue weighted by Crippen LogP contribution is 2.24. The van der Waals surface area contributed by atoms with Gasteiger partial charge in [-0.1, -0.05) is 29.3 Å². The van der Waals surface area contributed by atoms with E-state index in [1.807, 2.05) is 0 Å². The summed E-state index contributed by atoms with van der Waals surface area (Å²) in [5.74, 6) is 0.104. The van der Waals surface area contributed by atoms with Gasteiger partial charge < -0.3 is 0 Å². The Morgan fingerprint density at radius 2 is 1.67 bits per heavy atom. The van der Waals surface area contributed by atoms with Crippen molar-refractivity contribution < 1.29 is 4.39 Å². The Bertz CT molecular complexity index is 751. The van der Waals surface area contributed by atoms with E-state index in [0.29, 0.717) is 28.0 Å². The topological polar surface area (TPSA) is 43.6 Å². The second-order valence-electron chi connectivity index (χ2n) is 4.35. The SMILES string of the molecule is Fc1ccc(-c2nnn(Cc3c(Cl)cccc3Cl)n2)cc1. The Balaban J connectivity index is 1.87. The fourth-order valence-electron chi connectivity index (χ4n) is 1.85. The molecule has 0 bridgehead atoms. The van der Waals surface area contributed by atoms with Crippen LogP contribution in [0, 0.1) is 5.82 Å². The van der Waals surface area contributed by atoms with Crippen LogP contribution >= 0.6 is 23.2 Å². The second-order valence-corrected chi connectivity index (χ2v) is 5.16. The third-order valence-corrected chi connectivity index (χ3v) is 3.62. The third-order valence-electron chi connectivity index (χ3n) is 2.92. The standard InChI is InChI=1S/C14H9Cl2FN4/c15-12-2-1-3-13(16)11(12)8-21-19-14(18-20-21)9-4-6-10(17)7-5-9/h1-7H,8H2. The number of tetrazole rings is 1. The average Bonchev–Trinajstić information content (AvgIpc) is 2.92. The summed E-state index contributed by atoms with van der Waals surface area (Å²) in [6.07, 6.45) is 0. The van der Waals surface area contributed by atoms with Gasteiger partial charge in [0.25, 0.3) is 0 Å². The fourth-order valence-corrected chi connectivity index (χ4v) is 2.37. The molecule has 7 heteroatoms. The molecule has 0 aliphatic carbocycles. The lowest BCUT2D eigenvalue weighted by Crippen LogP contribution is -2.05. The van der Waals surface area contributed by atoms with Crippen LogP contribution in [0.1, 0.15) is 5.56 Å². The van der Waals surface area contributed by atoms with Crippen molar-refractivity contribution in [2.24, 2.45) is 0 Å². The quantitative estimate of drug-likeness (QED) is 0.736. The van der Waals surface area contributed by atoms with Crippen LogP contribution < -0.4 is 0 Å². The molecule has 1 heterocycles. The van der Waals surface area contributed by atoms with Crippen molar-refractivity contribution in [1.82, 2.24) is 20.2 Å². The van der Waals surface area contributed by atoms with E-state index in [1.54, 1.807) is 30.3 Å².